The van der Waals surface area contributed by atoms with Gasteiger partial charge in [0.05, 0.1) is 17.0 Å². The van der Waals surface area contributed by atoms with E-state index in [1.165, 1.54) is 24.3 Å². The SMILES string of the molecule is CC(C)(C)OC(=O)NCCOc1cc(C(=O)O)cc(-c2ccc(S(C)(=O)=O)cc2)c1. The van der Waals surface area contributed by atoms with Gasteiger partial charge < -0.3 is 19.9 Å². The van der Waals surface area contributed by atoms with Gasteiger partial charge in [0.15, 0.2) is 9.84 Å². The molecule has 0 aromatic heterocycles. The summed E-state index contributed by atoms with van der Waals surface area (Å²) < 4.78 is 33.9. The zero-order valence-corrected chi connectivity index (χ0v) is 18.1. The number of carboxylic acids is 1. The number of hydrogen-bond acceptors (Lipinski definition) is 6. The molecule has 0 saturated carbocycles. The summed E-state index contributed by atoms with van der Waals surface area (Å²) in [5.41, 5.74) is 0.615. The van der Waals surface area contributed by atoms with E-state index in [0.29, 0.717) is 16.9 Å². The van der Waals surface area contributed by atoms with Crippen LogP contribution >= 0.6 is 0 Å². The molecule has 0 bridgehead atoms. The van der Waals surface area contributed by atoms with Gasteiger partial charge in [0, 0.05) is 6.26 Å². The molecular formula is C21H25NO7S. The fourth-order valence-electron chi connectivity index (χ4n) is 2.50. The molecule has 2 aromatic rings. The van der Waals surface area contributed by atoms with Crippen LogP contribution in [0.4, 0.5) is 4.79 Å². The van der Waals surface area contributed by atoms with Crippen LogP contribution < -0.4 is 10.1 Å². The molecule has 0 aliphatic heterocycles. The molecule has 2 rings (SSSR count). The lowest BCUT2D eigenvalue weighted by Crippen LogP contribution is -2.34. The molecule has 2 aromatic carbocycles. The number of benzene rings is 2. The molecule has 162 valence electrons. The van der Waals surface area contributed by atoms with Crippen LogP contribution in [0.2, 0.25) is 0 Å². The Kier molecular flexibility index (Phi) is 7.09. The van der Waals surface area contributed by atoms with Gasteiger partial charge in [-0.3, -0.25) is 0 Å². The minimum Gasteiger partial charge on any atom is -0.492 e. The smallest absolute Gasteiger partial charge is 0.407 e. The highest BCUT2D eigenvalue weighted by Gasteiger charge is 2.16. The van der Waals surface area contributed by atoms with Crippen LogP contribution in [0.5, 0.6) is 5.75 Å². The van der Waals surface area contributed by atoms with Crippen LogP contribution in [0.3, 0.4) is 0 Å². The Morgan fingerprint density at radius 2 is 1.67 bits per heavy atom. The van der Waals surface area contributed by atoms with Crippen LogP contribution in [-0.2, 0) is 14.6 Å². The minimum absolute atomic E-state index is 0.0230. The molecule has 0 heterocycles. The lowest BCUT2D eigenvalue weighted by atomic mass is 10.0. The van der Waals surface area contributed by atoms with Crippen molar-refractivity contribution in [2.45, 2.75) is 31.3 Å². The number of hydrogen-bond donors (Lipinski definition) is 2. The number of carboxylic acid groups (broad SMARTS) is 1. The van der Waals surface area contributed by atoms with Crippen molar-refractivity contribution in [1.82, 2.24) is 5.32 Å². The van der Waals surface area contributed by atoms with Crippen LogP contribution in [0.1, 0.15) is 31.1 Å². The minimum atomic E-state index is -3.33. The van der Waals surface area contributed by atoms with Crippen LogP contribution in [-0.4, -0.2) is 50.6 Å². The van der Waals surface area contributed by atoms with Crippen molar-refractivity contribution >= 4 is 21.9 Å². The lowest BCUT2D eigenvalue weighted by molar-refractivity contribution is 0.0520. The van der Waals surface area contributed by atoms with E-state index in [1.54, 1.807) is 39.0 Å². The molecule has 2 N–H and O–H groups in total. The average Bonchev–Trinajstić information content (AvgIpc) is 2.63. The molecular weight excluding hydrogens is 410 g/mol. The Hall–Kier alpha value is -3.07. The summed E-state index contributed by atoms with van der Waals surface area (Å²) >= 11 is 0. The first kappa shape index (κ1) is 23.2. The number of nitrogens with one attached hydrogen (secondary N) is 1. The summed E-state index contributed by atoms with van der Waals surface area (Å²) in [5.74, 6) is -0.815. The van der Waals surface area contributed by atoms with Gasteiger partial charge >= 0.3 is 12.1 Å². The number of aromatic carboxylic acids is 1. The van der Waals surface area contributed by atoms with Crippen molar-refractivity contribution in [3.8, 4) is 16.9 Å². The monoisotopic (exact) mass is 435 g/mol. The van der Waals surface area contributed by atoms with Crippen LogP contribution in [0.25, 0.3) is 11.1 Å². The standard InChI is InChI=1S/C21H25NO7S/c1-21(2,3)29-20(25)22-9-10-28-17-12-15(11-16(13-17)19(23)24)14-5-7-18(8-6-14)30(4,26)27/h5-8,11-13H,9-10H2,1-4H3,(H,22,25)(H,23,24). The molecule has 0 aliphatic rings. The van der Waals surface area contributed by atoms with Gasteiger partial charge in [-0.1, -0.05) is 12.1 Å². The van der Waals surface area contributed by atoms with Gasteiger partial charge in [-0.05, 0) is 62.2 Å². The van der Waals surface area contributed by atoms with Gasteiger partial charge in [0.1, 0.15) is 18.0 Å². The third-order valence-electron chi connectivity index (χ3n) is 3.81. The molecule has 30 heavy (non-hydrogen) atoms. The number of rotatable bonds is 7. The number of ether oxygens (including phenoxy) is 2. The predicted octanol–water partition coefficient (Wildman–Crippen LogP) is 3.36. The first-order valence-electron chi connectivity index (χ1n) is 9.14. The Labute approximate surface area is 175 Å². The number of carbonyl (C=O) groups excluding carboxylic acids is 1. The fraction of sp³-hybridized carbons (Fsp3) is 0.333. The second kappa shape index (κ2) is 9.17. The van der Waals surface area contributed by atoms with Crippen molar-refractivity contribution in [3.05, 3.63) is 48.0 Å². The average molecular weight is 435 g/mol. The molecule has 1 amide bonds. The molecule has 0 atom stereocenters. The largest absolute Gasteiger partial charge is 0.492 e. The van der Waals surface area contributed by atoms with Gasteiger partial charge in [-0.15, -0.1) is 0 Å². The Bertz CT molecular complexity index is 1020. The molecule has 0 fully saturated rings. The first-order chi connectivity index (χ1) is 13.8. The summed E-state index contributed by atoms with van der Waals surface area (Å²) in [5, 5.41) is 11.9. The zero-order chi connectivity index (χ0) is 22.5. The molecule has 0 spiro atoms. The molecule has 0 saturated heterocycles. The Balaban J connectivity index is 2.13. The van der Waals surface area contributed by atoms with Crippen LogP contribution in [0.15, 0.2) is 47.4 Å². The summed E-state index contributed by atoms with van der Waals surface area (Å²) in [4.78, 5) is 23.3. The van der Waals surface area contributed by atoms with E-state index in [4.69, 9.17) is 9.47 Å². The van der Waals surface area contributed by atoms with E-state index in [0.717, 1.165) is 6.26 Å². The van der Waals surface area contributed by atoms with Crippen molar-refractivity contribution in [3.63, 3.8) is 0 Å². The van der Waals surface area contributed by atoms with Crippen molar-refractivity contribution < 1.29 is 32.6 Å². The molecule has 0 radical (unpaired) electrons. The fourth-order valence-corrected chi connectivity index (χ4v) is 3.13. The van der Waals surface area contributed by atoms with E-state index in [1.807, 2.05) is 0 Å². The maximum Gasteiger partial charge on any atom is 0.407 e. The van der Waals surface area contributed by atoms with E-state index < -0.39 is 27.5 Å². The summed E-state index contributed by atoms with van der Waals surface area (Å²) in [6.07, 6.45) is 0.543. The summed E-state index contributed by atoms with van der Waals surface area (Å²) in [7, 11) is -3.33. The van der Waals surface area contributed by atoms with Gasteiger partial charge in [-0.2, -0.15) is 0 Å². The number of carbonyl (C=O) groups is 2. The second-order valence-electron chi connectivity index (χ2n) is 7.62. The van der Waals surface area contributed by atoms with Crippen molar-refractivity contribution in [2.24, 2.45) is 0 Å². The first-order valence-corrected chi connectivity index (χ1v) is 11.0. The quantitative estimate of drug-likeness (QED) is 0.640. The van der Waals surface area contributed by atoms with E-state index in [9.17, 15) is 23.1 Å². The Morgan fingerprint density at radius 3 is 2.20 bits per heavy atom. The highest BCUT2D eigenvalue weighted by Crippen LogP contribution is 2.27. The maximum absolute atomic E-state index is 11.6. The third kappa shape index (κ3) is 7.07. The summed E-state index contributed by atoms with van der Waals surface area (Å²) in [6, 6.07) is 10.6. The predicted molar refractivity (Wildman–Crippen MR) is 112 cm³/mol. The van der Waals surface area contributed by atoms with Gasteiger partial charge in [0.25, 0.3) is 0 Å². The molecule has 0 aliphatic carbocycles. The molecule has 0 unspecified atom stereocenters. The second-order valence-corrected chi connectivity index (χ2v) is 9.64. The topological polar surface area (TPSA) is 119 Å². The molecule has 9 heteroatoms. The van der Waals surface area contributed by atoms with Crippen molar-refractivity contribution in [2.75, 3.05) is 19.4 Å². The highest BCUT2D eigenvalue weighted by atomic mass is 32.2. The summed E-state index contributed by atoms with van der Waals surface area (Å²) in [6.45, 7) is 5.54. The Morgan fingerprint density at radius 1 is 1.03 bits per heavy atom. The molecule has 8 nitrogen and oxygen atoms in total. The van der Waals surface area contributed by atoms with Crippen LogP contribution in [0, 0.1) is 0 Å². The maximum atomic E-state index is 11.6. The van der Waals surface area contributed by atoms with Gasteiger partial charge in [-0.25, -0.2) is 18.0 Å². The third-order valence-corrected chi connectivity index (χ3v) is 4.94. The van der Waals surface area contributed by atoms with Gasteiger partial charge in [0.2, 0.25) is 0 Å². The number of amides is 1. The van der Waals surface area contributed by atoms with Crippen molar-refractivity contribution in [1.29, 1.82) is 0 Å². The number of sulfone groups is 1. The number of alkyl carbamates (subject to hydrolysis) is 1. The van der Waals surface area contributed by atoms with E-state index in [2.05, 4.69) is 5.32 Å². The van der Waals surface area contributed by atoms with E-state index in [-0.39, 0.29) is 23.6 Å². The normalized spacial score (nSPS) is 11.6. The highest BCUT2D eigenvalue weighted by molar-refractivity contribution is 7.90. The lowest BCUT2D eigenvalue weighted by Gasteiger charge is -2.19. The van der Waals surface area contributed by atoms with E-state index >= 15 is 0 Å². The zero-order valence-electron chi connectivity index (χ0n) is 17.3.